The summed E-state index contributed by atoms with van der Waals surface area (Å²) in [7, 11) is 0. The zero-order valence-electron chi connectivity index (χ0n) is 7.12. The maximum absolute atomic E-state index is 11.5. The van der Waals surface area contributed by atoms with E-state index in [0.29, 0.717) is 0 Å². The summed E-state index contributed by atoms with van der Waals surface area (Å²) >= 11 is 1.53. The van der Waals surface area contributed by atoms with Crippen LogP contribution in [0.4, 0.5) is 0 Å². The van der Waals surface area contributed by atoms with Crippen molar-refractivity contribution in [2.45, 2.75) is 25.8 Å². The Balaban J connectivity index is 2.59. The minimum Gasteiger partial charge on any atom is -0.321 e. The van der Waals surface area contributed by atoms with Crippen LogP contribution in [-0.2, 0) is 0 Å². The molecule has 0 radical (unpaired) electrons. The highest BCUT2D eigenvalue weighted by Gasteiger charge is 2.14. The number of hydrogen-bond acceptors (Lipinski definition) is 3. The summed E-state index contributed by atoms with van der Waals surface area (Å²) in [6, 6.07) is 1.51. The van der Waals surface area contributed by atoms with Crippen molar-refractivity contribution in [3.8, 4) is 0 Å². The van der Waals surface area contributed by atoms with Crippen LogP contribution in [0.5, 0.6) is 0 Å². The first-order valence-corrected chi connectivity index (χ1v) is 5.02. The summed E-state index contributed by atoms with van der Waals surface area (Å²) in [5.41, 5.74) is 6.42. The topological polar surface area (TPSA) is 43.1 Å². The predicted molar refractivity (Wildman–Crippen MR) is 51.5 cm³/mol. The third-order valence-corrected chi connectivity index (χ3v) is 2.43. The van der Waals surface area contributed by atoms with Gasteiger partial charge in [0.1, 0.15) is 0 Å². The molecule has 0 aliphatic heterocycles. The van der Waals surface area contributed by atoms with Crippen molar-refractivity contribution in [3.05, 3.63) is 22.4 Å². The van der Waals surface area contributed by atoms with Crippen molar-refractivity contribution < 1.29 is 4.79 Å². The first kappa shape index (κ1) is 9.42. The molecule has 0 aliphatic rings. The fraction of sp³-hybridized carbons (Fsp3) is 0.444. The summed E-state index contributed by atoms with van der Waals surface area (Å²) < 4.78 is 0. The van der Waals surface area contributed by atoms with Crippen molar-refractivity contribution in [3.63, 3.8) is 0 Å². The van der Waals surface area contributed by atoms with Gasteiger partial charge < -0.3 is 5.73 Å². The van der Waals surface area contributed by atoms with Gasteiger partial charge >= 0.3 is 0 Å². The average molecular weight is 183 g/mol. The Bertz CT molecular complexity index is 243. The molecule has 0 aliphatic carbocycles. The highest BCUT2D eigenvalue weighted by molar-refractivity contribution is 7.08. The highest BCUT2D eigenvalue weighted by Crippen LogP contribution is 2.10. The Hall–Kier alpha value is -0.670. The molecule has 0 saturated heterocycles. The Morgan fingerprint density at radius 1 is 1.75 bits per heavy atom. The molecule has 1 aromatic heterocycles. The molecule has 66 valence electrons. The average Bonchev–Trinajstić information content (AvgIpc) is 2.55. The van der Waals surface area contributed by atoms with E-state index in [4.69, 9.17) is 5.73 Å². The van der Waals surface area contributed by atoms with Gasteiger partial charge in [-0.05, 0) is 17.9 Å². The van der Waals surface area contributed by atoms with Gasteiger partial charge in [0, 0.05) is 10.9 Å². The number of carbonyl (C=O) groups is 1. The third kappa shape index (κ3) is 2.16. The van der Waals surface area contributed by atoms with Crippen molar-refractivity contribution in [2.24, 2.45) is 5.73 Å². The minimum atomic E-state index is -0.315. The van der Waals surface area contributed by atoms with E-state index < -0.39 is 0 Å². The number of carbonyl (C=O) groups excluding carboxylic acids is 1. The molecule has 0 bridgehead atoms. The largest absolute Gasteiger partial charge is 0.321 e. The number of Topliss-reactive ketones (excluding diaryl/α,β-unsaturated/α-hetero) is 1. The van der Waals surface area contributed by atoms with Crippen LogP contribution in [0.1, 0.15) is 30.1 Å². The van der Waals surface area contributed by atoms with E-state index in [1.165, 1.54) is 11.3 Å². The van der Waals surface area contributed by atoms with Gasteiger partial charge in [-0.1, -0.05) is 13.3 Å². The smallest absolute Gasteiger partial charge is 0.180 e. The molecular weight excluding hydrogens is 170 g/mol. The van der Waals surface area contributed by atoms with Gasteiger partial charge in [0.15, 0.2) is 5.78 Å². The number of ketones is 1. The third-order valence-electron chi connectivity index (χ3n) is 1.74. The second-order valence-corrected chi connectivity index (χ2v) is 3.55. The Kier molecular flexibility index (Phi) is 3.44. The quantitative estimate of drug-likeness (QED) is 0.726. The first-order chi connectivity index (χ1) is 5.75. The standard InChI is InChI=1S/C9H13NOS/c1-2-3-8(10)9(11)7-4-5-12-6-7/h4-6,8H,2-3,10H2,1H3. The molecule has 0 amide bonds. The van der Waals surface area contributed by atoms with Gasteiger partial charge in [-0.3, -0.25) is 4.79 Å². The maximum Gasteiger partial charge on any atom is 0.180 e. The van der Waals surface area contributed by atoms with Crippen LogP contribution in [0.15, 0.2) is 16.8 Å². The Morgan fingerprint density at radius 2 is 2.50 bits per heavy atom. The lowest BCUT2D eigenvalue weighted by molar-refractivity contribution is 0.0957. The van der Waals surface area contributed by atoms with Crippen LogP contribution in [-0.4, -0.2) is 11.8 Å². The number of hydrogen-bond donors (Lipinski definition) is 1. The minimum absolute atomic E-state index is 0.0677. The molecule has 1 rings (SSSR count). The van der Waals surface area contributed by atoms with Gasteiger partial charge in [0.25, 0.3) is 0 Å². The van der Waals surface area contributed by atoms with Crippen LogP contribution in [0.2, 0.25) is 0 Å². The van der Waals surface area contributed by atoms with Crippen LogP contribution in [0.3, 0.4) is 0 Å². The number of rotatable bonds is 4. The van der Waals surface area contributed by atoms with E-state index in [1.807, 2.05) is 23.8 Å². The van der Waals surface area contributed by atoms with Crippen molar-refractivity contribution in [1.82, 2.24) is 0 Å². The summed E-state index contributed by atoms with van der Waals surface area (Å²) in [5, 5.41) is 3.74. The molecule has 1 unspecified atom stereocenters. The Labute approximate surface area is 76.4 Å². The molecule has 2 N–H and O–H groups in total. The SMILES string of the molecule is CCCC(N)C(=O)c1ccsc1. The van der Waals surface area contributed by atoms with Crippen LogP contribution in [0, 0.1) is 0 Å². The van der Waals surface area contributed by atoms with Gasteiger partial charge in [-0.2, -0.15) is 11.3 Å². The molecule has 1 heterocycles. The molecule has 3 heteroatoms. The number of nitrogens with two attached hydrogens (primary N) is 1. The molecule has 0 saturated carbocycles. The molecule has 0 aromatic carbocycles. The molecule has 2 nitrogen and oxygen atoms in total. The van der Waals surface area contributed by atoms with Gasteiger partial charge in [0.05, 0.1) is 6.04 Å². The highest BCUT2D eigenvalue weighted by atomic mass is 32.1. The fourth-order valence-electron chi connectivity index (χ4n) is 1.06. The lowest BCUT2D eigenvalue weighted by Crippen LogP contribution is -2.29. The predicted octanol–water partition coefficient (Wildman–Crippen LogP) is 2.06. The first-order valence-electron chi connectivity index (χ1n) is 4.07. The molecule has 1 aromatic rings. The Morgan fingerprint density at radius 3 is 3.00 bits per heavy atom. The normalized spacial score (nSPS) is 12.8. The summed E-state index contributed by atoms with van der Waals surface area (Å²) in [5.74, 6) is 0.0677. The monoisotopic (exact) mass is 183 g/mol. The van der Waals surface area contributed by atoms with Gasteiger partial charge in [-0.25, -0.2) is 0 Å². The van der Waals surface area contributed by atoms with E-state index >= 15 is 0 Å². The van der Waals surface area contributed by atoms with Crippen LogP contribution in [0.25, 0.3) is 0 Å². The van der Waals surface area contributed by atoms with E-state index in [0.717, 1.165) is 18.4 Å². The summed E-state index contributed by atoms with van der Waals surface area (Å²) in [6.07, 6.45) is 1.73. The van der Waals surface area contributed by atoms with E-state index in [2.05, 4.69) is 0 Å². The second kappa shape index (κ2) is 4.38. The molecular formula is C9H13NOS. The van der Waals surface area contributed by atoms with Crippen LogP contribution < -0.4 is 5.73 Å². The molecule has 0 spiro atoms. The van der Waals surface area contributed by atoms with Gasteiger partial charge in [-0.15, -0.1) is 0 Å². The zero-order valence-corrected chi connectivity index (χ0v) is 7.93. The van der Waals surface area contributed by atoms with E-state index in [1.54, 1.807) is 0 Å². The van der Waals surface area contributed by atoms with Crippen molar-refractivity contribution in [2.75, 3.05) is 0 Å². The lowest BCUT2D eigenvalue weighted by Gasteiger charge is -2.06. The van der Waals surface area contributed by atoms with Crippen molar-refractivity contribution >= 4 is 17.1 Å². The second-order valence-electron chi connectivity index (χ2n) is 2.77. The summed E-state index contributed by atoms with van der Waals surface area (Å²) in [4.78, 5) is 11.5. The molecule has 1 atom stereocenters. The zero-order chi connectivity index (χ0) is 8.97. The van der Waals surface area contributed by atoms with Gasteiger partial charge in [0.2, 0.25) is 0 Å². The van der Waals surface area contributed by atoms with E-state index in [9.17, 15) is 4.79 Å². The number of thiophene rings is 1. The molecule has 12 heavy (non-hydrogen) atoms. The lowest BCUT2D eigenvalue weighted by atomic mass is 10.0. The maximum atomic E-state index is 11.5. The van der Waals surface area contributed by atoms with E-state index in [-0.39, 0.29) is 11.8 Å². The summed E-state index contributed by atoms with van der Waals surface area (Å²) in [6.45, 7) is 2.03. The molecule has 0 fully saturated rings. The fourth-order valence-corrected chi connectivity index (χ4v) is 1.71. The van der Waals surface area contributed by atoms with Crippen molar-refractivity contribution in [1.29, 1.82) is 0 Å². The van der Waals surface area contributed by atoms with Crippen LogP contribution >= 0.6 is 11.3 Å².